The van der Waals surface area contributed by atoms with E-state index in [1.54, 1.807) is 13.8 Å². The lowest BCUT2D eigenvalue weighted by Gasteiger charge is -2.26. The minimum atomic E-state index is -1.66. The third kappa shape index (κ3) is 2.05. The van der Waals surface area contributed by atoms with Crippen LogP contribution >= 0.6 is 0 Å². The minimum absolute atomic E-state index is 0.176. The van der Waals surface area contributed by atoms with Crippen LogP contribution in [0.4, 0.5) is 0 Å². The first-order valence-corrected chi connectivity index (χ1v) is 4.42. The number of carbonyl (C=O) groups excluding carboxylic acids is 1. The van der Waals surface area contributed by atoms with Crippen LogP contribution in [-0.4, -0.2) is 42.3 Å². The molecule has 5 heteroatoms. The van der Waals surface area contributed by atoms with E-state index in [1.165, 1.54) is 14.0 Å². The zero-order valence-electron chi connectivity index (χ0n) is 8.86. The number of ether oxygens (including phenoxy) is 3. The molecule has 1 rings (SSSR count). The molecule has 1 N–H and O–H groups in total. The summed E-state index contributed by atoms with van der Waals surface area (Å²) in [7, 11) is 1.22. The largest absolute Gasteiger partial charge is 0.467 e. The van der Waals surface area contributed by atoms with Gasteiger partial charge in [0.15, 0.2) is 11.4 Å². The van der Waals surface area contributed by atoms with Crippen molar-refractivity contribution in [1.29, 1.82) is 0 Å². The summed E-state index contributed by atoms with van der Waals surface area (Å²) in [5.41, 5.74) is -1.66. The molecule has 0 aliphatic carbocycles. The molecule has 1 fully saturated rings. The summed E-state index contributed by atoms with van der Waals surface area (Å²) < 4.78 is 15.1. The molecule has 0 amide bonds. The molecule has 0 spiro atoms. The predicted molar refractivity (Wildman–Crippen MR) is 47.5 cm³/mol. The summed E-state index contributed by atoms with van der Waals surface area (Å²) in [5.74, 6) is -1.48. The Balaban J connectivity index is 2.71. The highest BCUT2D eigenvalue weighted by molar-refractivity contribution is 5.79. The molecule has 0 aromatic carbocycles. The Labute approximate surface area is 82.9 Å². The van der Waals surface area contributed by atoms with E-state index in [0.29, 0.717) is 0 Å². The molecule has 0 bridgehead atoms. The average Bonchev–Trinajstić information content (AvgIpc) is 2.45. The van der Waals surface area contributed by atoms with Gasteiger partial charge in [-0.1, -0.05) is 0 Å². The average molecular weight is 204 g/mol. The molecule has 0 saturated carbocycles. The number of hydrogen-bond acceptors (Lipinski definition) is 5. The van der Waals surface area contributed by atoms with Crippen molar-refractivity contribution in [2.45, 2.75) is 38.3 Å². The van der Waals surface area contributed by atoms with Crippen molar-refractivity contribution in [3.8, 4) is 0 Å². The Morgan fingerprint density at radius 3 is 2.57 bits per heavy atom. The van der Waals surface area contributed by atoms with Gasteiger partial charge in [-0.05, 0) is 20.8 Å². The van der Waals surface area contributed by atoms with Crippen molar-refractivity contribution in [2.75, 3.05) is 13.7 Å². The second-order valence-corrected chi connectivity index (χ2v) is 3.96. The van der Waals surface area contributed by atoms with Crippen molar-refractivity contribution < 1.29 is 24.1 Å². The summed E-state index contributed by atoms with van der Waals surface area (Å²) in [6.45, 7) is 4.98. The van der Waals surface area contributed by atoms with Crippen LogP contribution in [0, 0.1) is 0 Å². The number of carbonyl (C=O) groups is 1. The monoisotopic (exact) mass is 204 g/mol. The van der Waals surface area contributed by atoms with Crippen LogP contribution in [-0.2, 0) is 19.0 Å². The van der Waals surface area contributed by atoms with Gasteiger partial charge in [-0.15, -0.1) is 0 Å². The van der Waals surface area contributed by atoms with E-state index in [4.69, 9.17) is 9.47 Å². The van der Waals surface area contributed by atoms with Crippen LogP contribution in [0.2, 0.25) is 0 Å². The van der Waals surface area contributed by atoms with Crippen LogP contribution in [0.25, 0.3) is 0 Å². The smallest absolute Gasteiger partial charge is 0.340 e. The molecule has 14 heavy (non-hydrogen) atoms. The van der Waals surface area contributed by atoms with Gasteiger partial charge in [-0.25, -0.2) is 4.79 Å². The quantitative estimate of drug-likeness (QED) is 0.644. The first-order valence-electron chi connectivity index (χ1n) is 4.42. The maximum absolute atomic E-state index is 11.2. The predicted octanol–water partition coefficient (Wildman–Crippen LogP) is 0.0619. The van der Waals surface area contributed by atoms with Gasteiger partial charge in [0, 0.05) is 0 Å². The first kappa shape index (κ1) is 11.4. The maximum atomic E-state index is 11.2. The lowest BCUT2D eigenvalue weighted by molar-refractivity contribution is -0.188. The maximum Gasteiger partial charge on any atom is 0.340 e. The van der Waals surface area contributed by atoms with E-state index in [2.05, 4.69) is 4.74 Å². The van der Waals surface area contributed by atoms with E-state index >= 15 is 0 Å². The van der Waals surface area contributed by atoms with E-state index in [1.807, 2.05) is 0 Å². The van der Waals surface area contributed by atoms with Crippen LogP contribution in [0.1, 0.15) is 20.8 Å². The zero-order valence-corrected chi connectivity index (χ0v) is 8.86. The number of rotatable bonds is 2. The Morgan fingerprint density at radius 2 is 2.21 bits per heavy atom. The van der Waals surface area contributed by atoms with E-state index in [9.17, 15) is 9.90 Å². The Bertz CT molecular complexity index is 233. The number of esters is 1. The van der Waals surface area contributed by atoms with Crippen molar-refractivity contribution in [1.82, 2.24) is 0 Å². The topological polar surface area (TPSA) is 65.0 Å². The van der Waals surface area contributed by atoms with Gasteiger partial charge in [0.05, 0.1) is 13.7 Å². The molecule has 82 valence electrons. The third-order valence-corrected chi connectivity index (χ3v) is 2.23. The molecule has 0 aromatic rings. The van der Waals surface area contributed by atoms with Crippen molar-refractivity contribution in [2.24, 2.45) is 0 Å². The highest BCUT2D eigenvalue weighted by atomic mass is 16.7. The third-order valence-electron chi connectivity index (χ3n) is 2.23. The van der Waals surface area contributed by atoms with E-state index < -0.39 is 23.5 Å². The fourth-order valence-corrected chi connectivity index (χ4v) is 1.30. The SMILES string of the molecule is COC(=O)C(C)(O)C1COC(C)(C)O1. The van der Waals surface area contributed by atoms with Crippen LogP contribution in [0.3, 0.4) is 0 Å². The van der Waals surface area contributed by atoms with Crippen molar-refractivity contribution in [3.05, 3.63) is 0 Å². The Morgan fingerprint density at radius 1 is 1.64 bits per heavy atom. The van der Waals surface area contributed by atoms with Gasteiger partial charge in [0.25, 0.3) is 0 Å². The van der Waals surface area contributed by atoms with Crippen molar-refractivity contribution >= 4 is 5.97 Å². The van der Waals surface area contributed by atoms with Gasteiger partial charge in [-0.2, -0.15) is 0 Å². The van der Waals surface area contributed by atoms with Gasteiger partial charge in [0.1, 0.15) is 6.10 Å². The second-order valence-electron chi connectivity index (χ2n) is 3.96. The van der Waals surface area contributed by atoms with E-state index in [-0.39, 0.29) is 6.61 Å². The fourth-order valence-electron chi connectivity index (χ4n) is 1.30. The number of aliphatic hydroxyl groups is 1. The van der Waals surface area contributed by atoms with Gasteiger partial charge >= 0.3 is 5.97 Å². The van der Waals surface area contributed by atoms with Crippen LogP contribution in [0.5, 0.6) is 0 Å². The summed E-state index contributed by atoms with van der Waals surface area (Å²) >= 11 is 0. The van der Waals surface area contributed by atoms with Gasteiger partial charge in [-0.3, -0.25) is 0 Å². The lowest BCUT2D eigenvalue weighted by atomic mass is 10.0. The molecule has 1 heterocycles. The molecule has 1 aliphatic heterocycles. The van der Waals surface area contributed by atoms with E-state index in [0.717, 1.165) is 0 Å². The summed E-state index contributed by atoms with van der Waals surface area (Å²) in [5, 5.41) is 9.84. The molecule has 2 atom stereocenters. The fraction of sp³-hybridized carbons (Fsp3) is 0.889. The number of methoxy groups -OCH3 is 1. The van der Waals surface area contributed by atoms with Crippen molar-refractivity contribution in [3.63, 3.8) is 0 Å². The van der Waals surface area contributed by atoms with Gasteiger partial charge in [0.2, 0.25) is 0 Å². The summed E-state index contributed by atoms with van der Waals surface area (Å²) in [6, 6.07) is 0. The molecule has 1 saturated heterocycles. The molecule has 0 aromatic heterocycles. The molecular formula is C9H16O5. The first-order chi connectivity index (χ1) is 6.29. The standard InChI is InChI=1S/C9H16O5/c1-8(2)13-5-6(14-8)9(3,11)7(10)12-4/h6,11H,5H2,1-4H3. The molecular weight excluding hydrogens is 188 g/mol. The summed E-state index contributed by atoms with van der Waals surface area (Å²) in [4.78, 5) is 11.2. The van der Waals surface area contributed by atoms with Crippen LogP contribution < -0.4 is 0 Å². The normalized spacial score (nSPS) is 29.6. The second kappa shape index (κ2) is 3.49. The molecule has 1 aliphatic rings. The molecule has 5 nitrogen and oxygen atoms in total. The lowest BCUT2D eigenvalue weighted by Crippen LogP contribution is -2.49. The highest BCUT2D eigenvalue weighted by Crippen LogP contribution is 2.29. The Kier molecular flexibility index (Phi) is 2.85. The minimum Gasteiger partial charge on any atom is -0.467 e. The molecule has 0 radical (unpaired) electrons. The Hall–Kier alpha value is -0.650. The molecule has 2 unspecified atom stereocenters. The van der Waals surface area contributed by atoms with Crippen LogP contribution in [0.15, 0.2) is 0 Å². The van der Waals surface area contributed by atoms with Gasteiger partial charge < -0.3 is 19.3 Å². The highest BCUT2D eigenvalue weighted by Gasteiger charge is 2.48. The summed E-state index contributed by atoms with van der Waals surface area (Å²) in [6.07, 6.45) is -0.690. The number of hydrogen-bond donors (Lipinski definition) is 1. The zero-order chi connectivity index (χ0) is 11.0.